The van der Waals surface area contributed by atoms with Gasteiger partial charge in [-0.1, -0.05) is 34.1 Å². The van der Waals surface area contributed by atoms with Gasteiger partial charge in [0.25, 0.3) is 0 Å². The molecule has 0 aromatic carbocycles. The van der Waals surface area contributed by atoms with Crippen LogP contribution in [0.5, 0.6) is 0 Å². The summed E-state index contributed by atoms with van der Waals surface area (Å²) in [4.78, 5) is 0. The maximum absolute atomic E-state index is 6.21. The van der Waals surface area contributed by atoms with E-state index >= 15 is 0 Å². The molecule has 0 atom stereocenters. The summed E-state index contributed by atoms with van der Waals surface area (Å²) in [5.41, 5.74) is 0.898. The SMILES string of the molecule is CC1(C)CCCC(C)(C)C12CCCO2. The summed E-state index contributed by atoms with van der Waals surface area (Å²) in [5, 5.41) is 0. The molecule has 2 aliphatic rings. The predicted molar refractivity (Wildman–Crippen MR) is 59.3 cm³/mol. The van der Waals surface area contributed by atoms with E-state index in [0.717, 1.165) is 6.61 Å². The lowest BCUT2D eigenvalue weighted by Crippen LogP contribution is -2.57. The Kier molecular flexibility index (Phi) is 2.23. The van der Waals surface area contributed by atoms with Crippen molar-refractivity contribution in [2.75, 3.05) is 6.61 Å². The molecule has 1 nitrogen and oxygen atoms in total. The number of hydrogen-bond donors (Lipinski definition) is 0. The molecule has 0 radical (unpaired) electrons. The van der Waals surface area contributed by atoms with Crippen molar-refractivity contribution in [1.82, 2.24) is 0 Å². The highest BCUT2D eigenvalue weighted by atomic mass is 16.5. The quantitative estimate of drug-likeness (QED) is 0.573. The van der Waals surface area contributed by atoms with Gasteiger partial charge in [0.2, 0.25) is 0 Å². The van der Waals surface area contributed by atoms with E-state index in [4.69, 9.17) is 4.74 Å². The van der Waals surface area contributed by atoms with Crippen LogP contribution >= 0.6 is 0 Å². The highest BCUT2D eigenvalue weighted by Gasteiger charge is 2.58. The van der Waals surface area contributed by atoms with E-state index in [1.807, 2.05) is 0 Å². The van der Waals surface area contributed by atoms with Gasteiger partial charge in [0.1, 0.15) is 0 Å². The minimum atomic E-state index is 0.165. The van der Waals surface area contributed by atoms with Crippen LogP contribution in [0.3, 0.4) is 0 Å². The van der Waals surface area contributed by atoms with Crippen molar-refractivity contribution in [3.05, 3.63) is 0 Å². The molecule has 1 heterocycles. The van der Waals surface area contributed by atoms with Crippen LogP contribution < -0.4 is 0 Å². The van der Waals surface area contributed by atoms with E-state index in [-0.39, 0.29) is 5.60 Å². The van der Waals surface area contributed by atoms with E-state index in [9.17, 15) is 0 Å². The summed E-state index contributed by atoms with van der Waals surface area (Å²) >= 11 is 0. The lowest BCUT2D eigenvalue weighted by atomic mass is 9.53. The fourth-order valence-electron chi connectivity index (χ4n) is 4.00. The van der Waals surface area contributed by atoms with Crippen molar-refractivity contribution in [1.29, 1.82) is 0 Å². The average Bonchev–Trinajstić information content (AvgIpc) is 2.50. The molecule has 0 unspecified atom stereocenters. The minimum Gasteiger partial charge on any atom is -0.374 e. The molecular weight excluding hydrogens is 172 g/mol. The lowest BCUT2D eigenvalue weighted by molar-refractivity contribution is -0.184. The third-order valence-corrected chi connectivity index (χ3v) is 4.81. The Morgan fingerprint density at radius 3 is 1.79 bits per heavy atom. The van der Waals surface area contributed by atoms with E-state index in [0.29, 0.717) is 10.8 Å². The highest BCUT2D eigenvalue weighted by molar-refractivity contribution is 5.09. The molecule has 0 amide bonds. The molecule has 1 aliphatic heterocycles. The van der Waals surface area contributed by atoms with E-state index in [1.165, 1.54) is 32.1 Å². The summed E-state index contributed by atoms with van der Waals surface area (Å²) in [6.45, 7) is 10.6. The Bertz CT molecular complexity index is 203. The molecule has 0 N–H and O–H groups in total. The number of ether oxygens (including phenoxy) is 1. The van der Waals surface area contributed by atoms with Gasteiger partial charge in [-0.3, -0.25) is 0 Å². The zero-order valence-electron chi connectivity index (χ0n) is 10.2. The van der Waals surface area contributed by atoms with Crippen molar-refractivity contribution < 1.29 is 4.74 Å². The first kappa shape index (κ1) is 10.5. The lowest BCUT2D eigenvalue weighted by Gasteiger charge is -2.57. The van der Waals surface area contributed by atoms with Gasteiger partial charge in [0.15, 0.2) is 0 Å². The van der Waals surface area contributed by atoms with Gasteiger partial charge in [0.05, 0.1) is 5.60 Å². The summed E-state index contributed by atoms with van der Waals surface area (Å²) < 4.78 is 6.21. The zero-order chi connectivity index (χ0) is 10.4. The molecule has 0 aromatic rings. The van der Waals surface area contributed by atoms with Gasteiger partial charge >= 0.3 is 0 Å². The molecule has 0 aromatic heterocycles. The normalized spacial score (nSPS) is 33.4. The second kappa shape index (κ2) is 2.98. The molecule has 14 heavy (non-hydrogen) atoms. The predicted octanol–water partition coefficient (Wildman–Crippen LogP) is 3.77. The van der Waals surface area contributed by atoms with Gasteiger partial charge < -0.3 is 4.74 Å². The van der Waals surface area contributed by atoms with Crippen LogP contribution in [0.25, 0.3) is 0 Å². The van der Waals surface area contributed by atoms with E-state index < -0.39 is 0 Å². The van der Waals surface area contributed by atoms with Gasteiger partial charge in [0, 0.05) is 6.61 Å². The van der Waals surface area contributed by atoms with Gasteiger partial charge in [-0.25, -0.2) is 0 Å². The summed E-state index contributed by atoms with van der Waals surface area (Å²) in [6.07, 6.45) is 6.55. The molecule has 1 saturated carbocycles. The van der Waals surface area contributed by atoms with Crippen LogP contribution in [0.15, 0.2) is 0 Å². The molecule has 1 saturated heterocycles. The van der Waals surface area contributed by atoms with Crippen molar-refractivity contribution >= 4 is 0 Å². The number of hydrogen-bond acceptors (Lipinski definition) is 1. The van der Waals surface area contributed by atoms with Gasteiger partial charge in [-0.2, -0.15) is 0 Å². The fraction of sp³-hybridized carbons (Fsp3) is 1.00. The molecule has 1 spiro atoms. The smallest absolute Gasteiger partial charge is 0.0784 e. The molecule has 2 rings (SSSR count). The number of rotatable bonds is 0. The monoisotopic (exact) mass is 196 g/mol. The van der Waals surface area contributed by atoms with E-state index in [2.05, 4.69) is 27.7 Å². The topological polar surface area (TPSA) is 9.23 Å². The van der Waals surface area contributed by atoms with Crippen LogP contribution in [-0.2, 0) is 4.74 Å². The first-order valence-electron chi connectivity index (χ1n) is 6.05. The first-order chi connectivity index (χ1) is 6.41. The Morgan fingerprint density at radius 1 is 0.786 bits per heavy atom. The summed E-state index contributed by atoms with van der Waals surface area (Å²) in [7, 11) is 0. The van der Waals surface area contributed by atoms with Crippen molar-refractivity contribution in [3.8, 4) is 0 Å². The third kappa shape index (κ3) is 1.18. The molecule has 0 bridgehead atoms. The van der Waals surface area contributed by atoms with Crippen LogP contribution in [-0.4, -0.2) is 12.2 Å². The second-order valence-electron chi connectivity index (χ2n) is 6.40. The second-order valence-corrected chi connectivity index (χ2v) is 6.40. The minimum absolute atomic E-state index is 0.165. The van der Waals surface area contributed by atoms with Crippen LogP contribution in [0.2, 0.25) is 0 Å². The highest BCUT2D eigenvalue weighted by Crippen LogP contribution is 2.59. The van der Waals surface area contributed by atoms with Crippen LogP contribution in [0, 0.1) is 10.8 Å². The van der Waals surface area contributed by atoms with Crippen molar-refractivity contribution in [2.24, 2.45) is 10.8 Å². The molecule has 1 aliphatic carbocycles. The van der Waals surface area contributed by atoms with Crippen molar-refractivity contribution in [2.45, 2.75) is 65.4 Å². The van der Waals surface area contributed by atoms with Crippen LogP contribution in [0.4, 0.5) is 0 Å². The molecule has 2 fully saturated rings. The Balaban J connectivity index is 2.38. The third-order valence-electron chi connectivity index (χ3n) is 4.81. The Labute approximate surface area is 88.2 Å². The summed E-state index contributed by atoms with van der Waals surface area (Å²) in [5.74, 6) is 0. The van der Waals surface area contributed by atoms with Crippen LogP contribution in [0.1, 0.15) is 59.8 Å². The molecule has 1 heteroatoms. The van der Waals surface area contributed by atoms with Gasteiger partial charge in [-0.05, 0) is 36.5 Å². The standard InChI is InChI=1S/C13H24O/c1-11(2)7-5-8-12(3,4)13(11)9-6-10-14-13/h5-10H2,1-4H3. The van der Waals surface area contributed by atoms with Crippen molar-refractivity contribution in [3.63, 3.8) is 0 Å². The molecular formula is C13H24O. The molecule has 82 valence electrons. The first-order valence-corrected chi connectivity index (χ1v) is 6.05. The Hall–Kier alpha value is -0.0400. The van der Waals surface area contributed by atoms with Gasteiger partial charge in [-0.15, -0.1) is 0 Å². The Morgan fingerprint density at radius 2 is 1.36 bits per heavy atom. The zero-order valence-corrected chi connectivity index (χ0v) is 10.2. The maximum atomic E-state index is 6.21. The largest absolute Gasteiger partial charge is 0.374 e. The fourth-order valence-corrected chi connectivity index (χ4v) is 4.00. The van der Waals surface area contributed by atoms with E-state index in [1.54, 1.807) is 0 Å². The summed E-state index contributed by atoms with van der Waals surface area (Å²) in [6, 6.07) is 0. The maximum Gasteiger partial charge on any atom is 0.0784 e. The average molecular weight is 196 g/mol.